The van der Waals surface area contributed by atoms with Crippen LogP contribution in [0.3, 0.4) is 0 Å². The fourth-order valence-corrected chi connectivity index (χ4v) is 3.41. The number of nitrogens with one attached hydrogen (secondary N) is 1. The van der Waals surface area contributed by atoms with Gasteiger partial charge in [0.25, 0.3) is 0 Å². The van der Waals surface area contributed by atoms with E-state index in [1.54, 1.807) is 11.4 Å². The largest absolute Gasteiger partial charge is 0.381 e. The highest BCUT2D eigenvalue weighted by molar-refractivity contribution is 7.89. The second-order valence-corrected chi connectivity index (χ2v) is 6.49. The summed E-state index contributed by atoms with van der Waals surface area (Å²) in [6.07, 6.45) is 2.86. The molecule has 0 amide bonds. The minimum Gasteiger partial charge on any atom is -0.381 e. The zero-order valence-corrected chi connectivity index (χ0v) is 11.6. The van der Waals surface area contributed by atoms with Gasteiger partial charge in [-0.25, -0.2) is 12.7 Å². The quantitative estimate of drug-likeness (QED) is 0.677. The van der Waals surface area contributed by atoms with E-state index in [1.165, 1.54) is 0 Å². The lowest BCUT2D eigenvalue weighted by atomic mass is 10.1. The van der Waals surface area contributed by atoms with Gasteiger partial charge in [0.1, 0.15) is 0 Å². The number of hydrogen-bond acceptors (Lipinski definition) is 4. The van der Waals surface area contributed by atoms with Crippen molar-refractivity contribution >= 4 is 10.0 Å². The molecular formula is C11H24N2O3S. The van der Waals surface area contributed by atoms with Gasteiger partial charge in [-0.2, -0.15) is 0 Å². The van der Waals surface area contributed by atoms with Crippen LogP contribution in [-0.4, -0.2) is 57.9 Å². The van der Waals surface area contributed by atoms with Crippen LogP contribution < -0.4 is 5.32 Å². The topological polar surface area (TPSA) is 58.6 Å². The molecule has 0 radical (unpaired) electrons. The van der Waals surface area contributed by atoms with Gasteiger partial charge >= 0.3 is 0 Å². The van der Waals surface area contributed by atoms with Crippen LogP contribution in [0.1, 0.15) is 26.2 Å². The molecule has 1 heterocycles. The fourth-order valence-electron chi connectivity index (χ4n) is 1.98. The second kappa shape index (κ2) is 7.31. The van der Waals surface area contributed by atoms with Gasteiger partial charge in [0.15, 0.2) is 0 Å². The molecule has 5 nitrogen and oxygen atoms in total. The van der Waals surface area contributed by atoms with E-state index in [9.17, 15) is 8.42 Å². The molecule has 1 rings (SSSR count). The maximum Gasteiger partial charge on any atom is 0.215 e. The molecule has 0 unspecified atom stereocenters. The molecule has 6 heteroatoms. The van der Waals surface area contributed by atoms with Crippen molar-refractivity contribution in [1.82, 2.24) is 9.62 Å². The molecule has 0 atom stereocenters. The van der Waals surface area contributed by atoms with E-state index < -0.39 is 10.0 Å². The van der Waals surface area contributed by atoms with Gasteiger partial charge in [0.05, 0.1) is 11.9 Å². The van der Waals surface area contributed by atoms with Crippen molar-refractivity contribution in [2.24, 2.45) is 0 Å². The van der Waals surface area contributed by atoms with E-state index in [2.05, 4.69) is 12.2 Å². The standard InChI is InChI=1S/C11H24N2O3S/c1-3-6-12-7-10-17(14,15)13-8-4-11(16-2)5-9-13/h11-12H,3-10H2,1-2H3. The molecule has 17 heavy (non-hydrogen) atoms. The summed E-state index contributed by atoms with van der Waals surface area (Å²) in [6, 6.07) is 0. The summed E-state index contributed by atoms with van der Waals surface area (Å²) in [5.41, 5.74) is 0. The fraction of sp³-hybridized carbons (Fsp3) is 1.00. The Kier molecular flexibility index (Phi) is 6.40. The Bertz CT molecular complexity index is 298. The maximum absolute atomic E-state index is 12.0. The number of ether oxygens (including phenoxy) is 1. The first-order valence-electron chi connectivity index (χ1n) is 6.31. The third-order valence-corrected chi connectivity index (χ3v) is 4.96. The van der Waals surface area contributed by atoms with Gasteiger partial charge in [-0.3, -0.25) is 0 Å². The summed E-state index contributed by atoms with van der Waals surface area (Å²) in [5, 5.41) is 3.12. The lowest BCUT2D eigenvalue weighted by Crippen LogP contribution is -2.43. The van der Waals surface area contributed by atoms with Crippen LogP contribution in [0.15, 0.2) is 0 Å². The number of piperidine rings is 1. The summed E-state index contributed by atoms with van der Waals surface area (Å²) in [7, 11) is -1.40. The monoisotopic (exact) mass is 264 g/mol. The van der Waals surface area contributed by atoms with Crippen LogP contribution in [0.4, 0.5) is 0 Å². The average Bonchev–Trinajstić information content (AvgIpc) is 2.35. The molecule has 1 N–H and O–H groups in total. The van der Waals surface area contributed by atoms with E-state index >= 15 is 0 Å². The number of nitrogens with zero attached hydrogens (tertiary/aromatic N) is 1. The average molecular weight is 264 g/mol. The Morgan fingerprint density at radius 2 is 1.94 bits per heavy atom. The first-order valence-corrected chi connectivity index (χ1v) is 7.92. The molecule has 1 saturated heterocycles. The predicted molar refractivity (Wildman–Crippen MR) is 68.6 cm³/mol. The van der Waals surface area contributed by atoms with Crippen molar-refractivity contribution in [3.63, 3.8) is 0 Å². The Balaban J connectivity index is 2.33. The number of rotatable bonds is 7. The van der Waals surface area contributed by atoms with Gasteiger partial charge < -0.3 is 10.1 Å². The van der Waals surface area contributed by atoms with E-state index in [0.29, 0.717) is 19.6 Å². The molecule has 0 bridgehead atoms. The van der Waals surface area contributed by atoms with Crippen molar-refractivity contribution in [1.29, 1.82) is 0 Å². The normalized spacial score (nSPS) is 19.6. The zero-order valence-electron chi connectivity index (χ0n) is 10.8. The highest BCUT2D eigenvalue weighted by Crippen LogP contribution is 2.16. The molecule has 1 aliphatic rings. The SMILES string of the molecule is CCCNCCS(=O)(=O)N1CCC(OC)CC1. The van der Waals surface area contributed by atoms with Crippen molar-refractivity contribution in [2.45, 2.75) is 32.3 Å². The molecule has 0 aromatic rings. The number of sulfonamides is 1. The van der Waals surface area contributed by atoms with Crippen molar-refractivity contribution < 1.29 is 13.2 Å². The van der Waals surface area contributed by atoms with Gasteiger partial charge in [0.2, 0.25) is 10.0 Å². The smallest absolute Gasteiger partial charge is 0.215 e. The maximum atomic E-state index is 12.0. The highest BCUT2D eigenvalue weighted by atomic mass is 32.2. The van der Waals surface area contributed by atoms with Crippen LogP contribution >= 0.6 is 0 Å². The molecular weight excluding hydrogens is 240 g/mol. The Labute approximate surface area is 105 Å². The highest BCUT2D eigenvalue weighted by Gasteiger charge is 2.27. The first kappa shape index (κ1) is 14.9. The van der Waals surface area contributed by atoms with E-state index in [-0.39, 0.29) is 11.9 Å². The minimum absolute atomic E-state index is 0.199. The third-order valence-electron chi connectivity index (χ3n) is 3.09. The molecule has 0 aromatic carbocycles. The van der Waals surface area contributed by atoms with Crippen LogP contribution in [0.5, 0.6) is 0 Å². The van der Waals surface area contributed by atoms with Gasteiger partial charge in [-0.1, -0.05) is 6.92 Å². The lowest BCUT2D eigenvalue weighted by Gasteiger charge is -2.30. The first-order chi connectivity index (χ1) is 8.10. The van der Waals surface area contributed by atoms with Crippen LogP contribution in [0.25, 0.3) is 0 Å². The van der Waals surface area contributed by atoms with Crippen LogP contribution in [0, 0.1) is 0 Å². The molecule has 1 aliphatic heterocycles. The van der Waals surface area contributed by atoms with Gasteiger partial charge in [-0.15, -0.1) is 0 Å². The van der Waals surface area contributed by atoms with Crippen molar-refractivity contribution in [2.75, 3.05) is 39.0 Å². The zero-order chi connectivity index (χ0) is 12.7. The molecule has 0 aliphatic carbocycles. The molecule has 1 fully saturated rings. The third kappa shape index (κ3) is 4.91. The summed E-state index contributed by atoms with van der Waals surface area (Å²) in [4.78, 5) is 0. The molecule has 0 aromatic heterocycles. The second-order valence-electron chi connectivity index (χ2n) is 4.40. The van der Waals surface area contributed by atoms with E-state index in [1.807, 2.05) is 0 Å². The lowest BCUT2D eigenvalue weighted by molar-refractivity contribution is 0.0604. The van der Waals surface area contributed by atoms with Gasteiger partial charge in [0, 0.05) is 26.7 Å². The molecule has 0 spiro atoms. The van der Waals surface area contributed by atoms with Crippen LogP contribution in [0.2, 0.25) is 0 Å². The Hall–Kier alpha value is -0.170. The summed E-state index contributed by atoms with van der Waals surface area (Å²) in [6.45, 7) is 4.67. The van der Waals surface area contributed by atoms with E-state index in [0.717, 1.165) is 25.8 Å². The number of hydrogen-bond donors (Lipinski definition) is 1. The predicted octanol–water partition coefficient (Wildman–Crippen LogP) is 0.427. The minimum atomic E-state index is -3.08. The summed E-state index contributed by atoms with van der Waals surface area (Å²) >= 11 is 0. The Morgan fingerprint density at radius 1 is 1.29 bits per heavy atom. The summed E-state index contributed by atoms with van der Waals surface area (Å²) < 4.78 is 30.8. The van der Waals surface area contributed by atoms with E-state index in [4.69, 9.17) is 4.74 Å². The van der Waals surface area contributed by atoms with Crippen LogP contribution in [-0.2, 0) is 14.8 Å². The number of methoxy groups -OCH3 is 1. The van der Waals surface area contributed by atoms with Gasteiger partial charge in [-0.05, 0) is 25.8 Å². The van der Waals surface area contributed by atoms with Crippen molar-refractivity contribution in [3.8, 4) is 0 Å². The van der Waals surface area contributed by atoms with Crippen molar-refractivity contribution in [3.05, 3.63) is 0 Å². The summed E-state index contributed by atoms with van der Waals surface area (Å²) in [5.74, 6) is 0.199. The Morgan fingerprint density at radius 3 is 2.47 bits per heavy atom. The molecule has 102 valence electrons. The molecule has 0 saturated carbocycles.